The van der Waals surface area contributed by atoms with E-state index in [4.69, 9.17) is 0 Å². The van der Waals surface area contributed by atoms with Crippen molar-refractivity contribution in [3.8, 4) is 0 Å². The Morgan fingerprint density at radius 2 is 1.83 bits per heavy atom. The highest BCUT2D eigenvalue weighted by molar-refractivity contribution is 5.72. The quantitative estimate of drug-likeness (QED) is 0.703. The Bertz CT molecular complexity index is 406. The molecule has 1 aromatic carbocycles. The monoisotopic (exact) mass is 243 g/mol. The van der Waals surface area contributed by atoms with Gasteiger partial charge in [-0.15, -0.1) is 0 Å². The zero-order chi connectivity index (χ0) is 13.2. The third-order valence-corrected chi connectivity index (χ3v) is 2.74. The first-order valence-corrected chi connectivity index (χ1v) is 6.27. The van der Waals surface area contributed by atoms with Crippen molar-refractivity contribution in [3.63, 3.8) is 0 Å². The average Bonchev–Trinajstić information content (AvgIpc) is 2.38. The van der Waals surface area contributed by atoms with Crippen LogP contribution >= 0.6 is 0 Å². The fourth-order valence-electron chi connectivity index (χ4n) is 1.50. The van der Waals surface area contributed by atoms with Crippen molar-refractivity contribution in [2.75, 3.05) is 13.6 Å². The van der Waals surface area contributed by atoms with Crippen molar-refractivity contribution in [2.45, 2.75) is 19.8 Å². The largest absolute Gasteiger partial charge is 0.342 e. The second-order valence-electron chi connectivity index (χ2n) is 4.28. The fourth-order valence-corrected chi connectivity index (χ4v) is 1.50. The van der Waals surface area contributed by atoms with Crippen molar-refractivity contribution >= 4 is 5.91 Å². The molecule has 0 aliphatic heterocycles. The fraction of sp³-hybridized carbons (Fsp3) is 0.312. The lowest BCUT2D eigenvalue weighted by Gasteiger charge is -2.10. The van der Waals surface area contributed by atoms with Gasteiger partial charge in [0.05, 0.1) is 0 Å². The van der Waals surface area contributed by atoms with Crippen molar-refractivity contribution in [2.24, 2.45) is 0 Å². The highest BCUT2D eigenvalue weighted by Gasteiger charge is 1.96. The molecule has 0 saturated heterocycles. The van der Waals surface area contributed by atoms with Crippen LogP contribution in [-0.2, 0) is 11.2 Å². The Kier molecular flexibility index (Phi) is 6.55. The van der Waals surface area contributed by atoms with E-state index in [-0.39, 0.29) is 5.91 Å². The van der Waals surface area contributed by atoms with Gasteiger partial charge in [-0.3, -0.25) is 4.79 Å². The summed E-state index contributed by atoms with van der Waals surface area (Å²) >= 11 is 0. The van der Waals surface area contributed by atoms with E-state index in [1.807, 2.05) is 24.3 Å². The van der Waals surface area contributed by atoms with Crippen molar-refractivity contribution < 1.29 is 4.79 Å². The number of carbonyl (C=O) groups is 1. The minimum Gasteiger partial charge on any atom is -0.342 e. The Labute approximate surface area is 110 Å². The Balaban J connectivity index is 2.18. The van der Waals surface area contributed by atoms with Crippen LogP contribution in [0.15, 0.2) is 54.6 Å². The lowest BCUT2D eigenvalue weighted by Crippen LogP contribution is -2.23. The summed E-state index contributed by atoms with van der Waals surface area (Å²) < 4.78 is 0. The number of benzene rings is 1. The maximum absolute atomic E-state index is 10.9. The van der Waals surface area contributed by atoms with E-state index in [1.54, 1.807) is 18.9 Å². The van der Waals surface area contributed by atoms with Gasteiger partial charge in [0.25, 0.3) is 0 Å². The first-order chi connectivity index (χ1) is 8.70. The summed E-state index contributed by atoms with van der Waals surface area (Å²) in [6, 6.07) is 10.5. The molecule has 0 fully saturated rings. The van der Waals surface area contributed by atoms with Crippen LogP contribution in [0.2, 0.25) is 0 Å². The SMILES string of the molecule is CC(=O)N(C)CC=CC=CCCc1ccccc1. The number of carbonyl (C=O) groups excluding carboxylic acids is 1. The number of nitrogens with zero attached hydrogens (tertiary/aromatic N) is 1. The van der Waals surface area contributed by atoms with E-state index in [1.165, 1.54) is 5.56 Å². The molecule has 0 heterocycles. The summed E-state index contributed by atoms with van der Waals surface area (Å²) in [5.41, 5.74) is 1.36. The van der Waals surface area contributed by atoms with Crippen LogP contribution < -0.4 is 0 Å². The maximum atomic E-state index is 10.9. The van der Waals surface area contributed by atoms with Gasteiger partial charge in [0.2, 0.25) is 5.91 Å². The van der Waals surface area contributed by atoms with Gasteiger partial charge in [-0.2, -0.15) is 0 Å². The van der Waals surface area contributed by atoms with E-state index in [2.05, 4.69) is 30.3 Å². The molecule has 1 amide bonds. The van der Waals surface area contributed by atoms with Crippen LogP contribution in [0, 0.1) is 0 Å². The molecule has 0 aliphatic carbocycles. The third kappa shape index (κ3) is 6.04. The van der Waals surface area contributed by atoms with E-state index in [9.17, 15) is 4.79 Å². The predicted molar refractivity (Wildman–Crippen MR) is 76.4 cm³/mol. The molecule has 2 heteroatoms. The number of rotatable bonds is 6. The molecule has 1 aromatic rings. The van der Waals surface area contributed by atoms with Crippen LogP contribution in [0.3, 0.4) is 0 Å². The molecular weight excluding hydrogens is 222 g/mol. The van der Waals surface area contributed by atoms with Gasteiger partial charge >= 0.3 is 0 Å². The highest BCUT2D eigenvalue weighted by atomic mass is 16.2. The molecule has 18 heavy (non-hydrogen) atoms. The van der Waals surface area contributed by atoms with Gasteiger partial charge in [0.15, 0.2) is 0 Å². The first kappa shape index (κ1) is 14.2. The molecule has 0 atom stereocenters. The standard InChI is InChI=1S/C16H21NO/c1-15(18)17(2)14-10-5-3-4-7-11-16-12-8-6-9-13-16/h3-6,8-10,12-13H,7,11,14H2,1-2H3. The predicted octanol–water partition coefficient (Wildman–Crippen LogP) is 3.21. The Hall–Kier alpha value is -1.83. The summed E-state index contributed by atoms with van der Waals surface area (Å²) in [4.78, 5) is 12.6. The number of hydrogen-bond donors (Lipinski definition) is 0. The molecule has 2 nitrogen and oxygen atoms in total. The molecule has 0 N–H and O–H groups in total. The summed E-state index contributed by atoms with van der Waals surface area (Å²) in [6.45, 7) is 2.24. The Morgan fingerprint density at radius 1 is 1.17 bits per heavy atom. The van der Waals surface area contributed by atoms with E-state index in [0.717, 1.165) is 12.8 Å². The molecule has 0 saturated carbocycles. The summed E-state index contributed by atoms with van der Waals surface area (Å²) in [5.74, 6) is 0.0905. The van der Waals surface area contributed by atoms with Crippen LogP contribution in [0.4, 0.5) is 0 Å². The lowest BCUT2D eigenvalue weighted by molar-refractivity contribution is -0.127. The number of amides is 1. The maximum Gasteiger partial charge on any atom is 0.219 e. The molecule has 0 aromatic heterocycles. The molecule has 0 spiro atoms. The van der Waals surface area contributed by atoms with Gasteiger partial charge in [0, 0.05) is 20.5 Å². The van der Waals surface area contributed by atoms with Gasteiger partial charge in [-0.1, -0.05) is 54.6 Å². The lowest BCUT2D eigenvalue weighted by atomic mass is 10.1. The smallest absolute Gasteiger partial charge is 0.219 e. The third-order valence-electron chi connectivity index (χ3n) is 2.74. The zero-order valence-corrected chi connectivity index (χ0v) is 11.2. The molecule has 96 valence electrons. The van der Waals surface area contributed by atoms with E-state index < -0.39 is 0 Å². The minimum atomic E-state index is 0.0905. The van der Waals surface area contributed by atoms with Gasteiger partial charge < -0.3 is 4.90 Å². The number of allylic oxidation sites excluding steroid dienone is 3. The van der Waals surface area contributed by atoms with Crippen molar-refractivity contribution in [1.82, 2.24) is 4.90 Å². The molecule has 0 unspecified atom stereocenters. The number of hydrogen-bond acceptors (Lipinski definition) is 1. The topological polar surface area (TPSA) is 20.3 Å². The summed E-state index contributed by atoms with van der Waals surface area (Å²) in [6.07, 6.45) is 10.3. The van der Waals surface area contributed by atoms with E-state index >= 15 is 0 Å². The molecule has 0 radical (unpaired) electrons. The molecule has 0 bridgehead atoms. The molecular formula is C16H21NO. The number of aryl methyl sites for hydroxylation is 1. The van der Waals surface area contributed by atoms with Crippen LogP contribution in [0.1, 0.15) is 18.9 Å². The normalized spacial score (nSPS) is 11.2. The van der Waals surface area contributed by atoms with Gasteiger partial charge in [-0.25, -0.2) is 0 Å². The van der Waals surface area contributed by atoms with Crippen molar-refractivity contribution in [3.05, 3.63) is 60.2 Å². The van der Waals surface area contributed by atoms with Gasteiger partial charge in [0.1, 0.15) is 0 Å². The van der Waals surface area contributed by atoms with Crippen LogP contribution in [0.25, 0.3) is 0 Å². The summed E-state index contributed by atoms with van der Waals surface area (Å²) in [7, 11) is 1.80. The average molecular weight is 243 g/mol. The zero-order valence-electron chi connectivity index (χ0n) is 11.2. The highest BCUT2D eigenvalue weighted by Crippen LogP contribution is 2.02. The van der Waals surface area contributed by atoms with Crippen LogP contribution in [-0.4, -0.2) is 24.4 Å². The molecule has 0 aliphatic rings. The second kappa shape index (κ2) is 8.29. The van der Waals surface area contributed by atoms with Gasteiger partial charge in [-0.05, 0) is 18.4 Å². The summed E-state index contributed by atoms with van der Waals surface area (Å²) in [5, 5.41) is 0. The van der Waals surface area contributed by atoms with Crippen LogP contribution in [0.5, 0.6) is 0 Å². The number of likely N-dealkylation sites (N-methyl/N-ethyl adjacent to an activating group) is 1. The van der Waals surface area contributed by atoms with E-state index in [0.29, 0.717) is 6.54 Å². The molecule has 1 rings (SSSR count). The second-order valence-corrected chi connectivity index (χ2v) is 4.28. The van der Waals surface area contributed by atoms with Crippen molar-refractivity contribution in [1.29, 1.82) is 0 Å². The first-order valence-electron chi connectivity index (χ1n) is 6.27. The Morgan fingerprint density at radius 3 is 2.50 bits per heavy atom. The minimum absolute atomic E-state index is 0.0905.